The molecule has 2 heterocycles. The summed E-state index contributed by atoms with van der Waals surface area (Å²) in [7, 11) is 0. The molecule has 1 aliphatic carbocycles. The molecule has 1 aromatic carbocycles. The van der Waals surface area contributed by atoms with Gasteiger partial charge in [0.25, 0.3) is 0 Å². The molecule has 0 bridgehead atoms. The van der Waals surface area contributed by atoms with Gasteiger partial charge in [-0.15, -0.1) is 0 Å². The summed E-state index contributed by atoms with van der Waals surface area (Å²) in [6, 6.07) is 8.84. The Labute approximate surface area is 124 Å². The number of nitrogens with zero attached hydrogens (tertiary/aromatic N) is 3. The van der Waals surface area contributed by atoms with Gasteiger partial charge in [-0.2, -0.15) is 0 Å². The van der Waals surface area contributed by atoms with Gasteiger partial charge in [0.05, 0.1) is 25.3 Å². The lowest BCUT2D eigenvalue weighted by atomic mass is 10.2. The number of benzene rings is 1. The van der Waals surface area contributed by atoms with Crippen LogP contribution in [0.5, 0.6) is 0 Å². The van der Waals surface area contributed by atoms with E-state index in [1.165, 1.54) is 12.8 Å². The molecule has 1 aromatic heterocycles. The zero-order chi connectivity index (χ0) is 14.1. The minimum Gasteiger partial charge on any atom is -0.379 e. The van der Waals surface area contributed by atoms with Crippen molar-refractivity contribution in [1.29, 1.82) is 0 Å². The highest BCUT2D eigenvalue weighted by Crippen LogP contribution is 2.28. The zero-order valence-electron chi connectivity index (χ0n) is 12.1. The molecule has 0 amide bonds. The molecule has 2 aliphatic rings. The van der Waals surface area contributed by atoms with Crippen LogP contribution in [0, 0.1) is 0 Å². The highest BCUT2D eigenvalue weighted by atomic mass is 16.5. The van der Waals surface area contributed by atoms with Crippen molar-refractivity contribution in [2.24, 2.45) is 0 Å². The highest BCUT2D eigenvalue weighted by molar-refractivity contribution is 5.89. The normalized spacial score (nSPS) is 19.8. The van der Waals surface area contributed by atoms with E-state index in [2.05, 4.69) is 22.3 Å². The molecular formula is C16H20N4O. The second-order valence-corrected chi connectivity index (χ2v) is 5.81. The standard InChI is InChI=1S/C16H20N4O/c1-2-4-14-13(3-1)16(17-12-5-6-12)19-15(18-14)11-20-7-9-21-10-8-20/h1-4,12H,5-11H2,(H,17,18,19). The van der Waals surface area contributed by atoms with Crippen molar-refractivity contribution in [2.75, 3.05) is 31.6 Å². The average Bonchev–Trinajstić information content (AvgIpc) is 3.32. The Morgan fingerprint density at radius 1 is 1.14 bits per heavy atom. The summed E-state index contributed by atoms with van der Waals surface area (Å²) >= 11 is 0. The van der Waals surface area contributed by atoms with Crippen LogP contribution in [0.4, 0.5) is 5.82 Å². The van der Waals surface area contributed by atoms with Crippen LogP contribution < -0.4 is 5.32 Å². The molecule has 5 heteroatoms. The first-order valence-electron chi connectivity index (χ1n) is 7.71. The van der Waals surface area contributed by atoms with Gasteiger partial charge in [-0.1, -0.05) is 12.1 Å². The Morgan fingerprint density at radius 2 is 1.95 bits per heavy atom. The first-order chi connectivity index (χ1) is 10.4. The second kappa shape index (κ2) is 5.58. The van der Waals surface area contributed by atoms with Gasteiger partial charge in [0.15, 0.2) is 0 Å². The average molecular weight is 284 g/mol. The monoisotopic (exact) mass is 284 g/mol. The smallest absolute Gasteiger partial charge is 0.145 e. The Morgan fingerprint density at radius 3 is 2.76 bits per heavy atom. The Hall–Kier alpha value is -1.72. The van der Waals surface area contributed by atoms with Crippen LogP contribution >= 0.6 is 0 Å². The van der Waals surface area contributed by atoms with Crippen LogP contribution in [-0.4, -0.2) is 47.2 Å². The number of aromatic nitrogens is 2. The molecule has 4 rings (SSSR count). The van der Waals surface area contributed by atoms with Crippen molar-refractivity contribution in [3.05, 3.63) is 30.1 Å². The van der Waals surface area contributed by atoms with Crippen molar-refractivity contribution in [1.82, 2.24) is 14.9 Å². The quantitative estimate of drug-likeness (QED) is 0.931. The van der Waals surface area contributed by atoms with E-state index in [4.69, 9.17) is 14.7 Å². The van der Waals surface area contributed by atoms with E-state index in [1.54, 1.807) is 0 Å². The lowest BCUT2D eigenvalue weighted by Gasteiger charge is -2.26. The number of para-hydroxylation sites is 1. The second-order valence-electron chi connectivity index (χ2n) is 5.81. The molecule has 110 valence electrons. The third-order valence-electron chi connectivity index (χ3n) is 4.04. The van der Waals surface area contributed by atoms with Crippen molar-refractivity contribution < 1.29 is 4.74 Å². The van der Waals surface area contributed by atoms with Crippen LogP contribution in [0.3, 0.4) is 0 Å². The fourth-order valence-electron chi connectivity index (χ4n) is 2.69. The van der Waals surface area contributed by atoms with E-state index in [0.717, 1.165) is 55.4 Å². The molecule has 2 aromatic rings. The van der Waals surface area contributed by atoms with Gasteiger partial charge >= 0.3 is 0 Å². The Balaban J connectivity index is 1.64. The van der Waals surface area contributed by atoms with Crippen molar-refractivity contribution in [2.45, 2.75) is 25.4 Å². The number of fused-ring (bicyclic) bond motifs is 1. The summed E-state index contributed by atoms with van der Waals surface area (Å²) in [5.74, 6) is 1.89. The number of anilines is 1. The minimum absolute atomic E-state index is 0.597. The third-order valence-corrected chi connectivity index (χ3v) is 4.04. The summed E-state index contributed by atoms with van der Waals surface area (Å²) < 4.78 is 5.40. The minimum atomic E-state index is 0.597. The van der Waals surface area contributed by atoms with Crippen LogP contribution in [0.1, 0.15) is 18.7 Å². The molecule has 0 unspecified atom stereocenters. The van der Waals surface area contributed by atoms with E-state index in [1.807, 2.05) is 12.1 Å². The number of hydrogen-bond acceptors (Lipinski definition) is 5. The predicted octanol–water partition coefficient (Wildman–Crippen LogP) is 2.04. The number of ether oxygens (including phenoxy) is 1. The molecule has 1 aliphatic heterocycles. The third kappa shape index (κ3) is 2.99. The lowest BCUT2D eigenvalue weighted by Crippen LogP contribution is -2.36. The zero-order valence-corrected chi connectivity index (χ0v) is 12.1. The van der Waals surface area contributed by atoms with Crippen LogP contribution in [0.2, 0.25) is 0 Å². The van der Waals surface area contributed by atoms with E-state index in [0.29, 0.717) is 6.04 Å². The molecule has 0 radical (unpaired) electrons. The molecule has 1 N–H and O–H groups in total. The summed E-state index contributed by atoms with van der Waals surface area (Å²) in [6.07, 6.45) is 2.49. The number of morpholine rings is 1. The maximum atomic E-state index is 5.40. The molecule has 1 saturated carbocycles. The number of nitrogens with one attached hydrogen (secondary N) is 1. The van der Waals surface area contributed by atoms with E-state index in [-0.39, 0.29) is 0 Å². The fourth-order valence-corrected chi connectivity index (χ4v) is 2.69. The molecule has 1 saturated heterocycles. The summed E-state index contributed by atoms with van der Waals surface area (Å²) in [4.78, 5) is 11.9. The SMILES string of the molecule is c1ccc2c(NC3CC3)nc(CN3CCOCC3)nc2c1. The number of rotatable bonds is 4. The Bertz CT molecular complexity index is 635. The summed E-state index contributed by atoms with van der Waals surface area (Å²) in [5.41, 5.74) is 1.03. The molecule has 5 nitrogen and oxygen atoms in total. The van der Waals surface area contributed by atoms with Gasteiger partial charge in [0.2, 0.25) is 0 Å². The Kier molecular flexibility index (Phi) is 3.45. The maximum absolute atomic E-state index is 5.40. The van der Waals surface area contributed by atoms with Crippen molar-refractivity contribution in [3.63, 3.8) is 0 Å². The van der Waals surface area contributed by atoms with Crippen LogP contribution in [-0.2, 0) is 11.3 Å². The van der Waals surface area contributed by atoms with Gasteiger partial charge in [0, 0.05) is 24.5 Å². The van der Waals surface area contributed by atoms with Gasteiger partial charge < -0.3 is 10.1 Å². The largest absolute Gasteiger partial charge is 0.379 e. The molecule has 0 spiro atoms. The first-order valence-corrected chi connectivity index (χ1v) is 7.71. The van der Waals surface area contributed by atoms with Gasteiger partial charge in [-0.3, -0.25) is 4.90 Å². The topological polar surface area (TPSA) is 50.3 Å². The molecule has 0 atom stereocenters. The predicted molar refractivity (Wildman–Crippen MR) is 82.3 cm³/mol. The number of hydrogen-bond donors (Lipinski definition) is 1. The lowest BCUT2D eigenvalue weighted by molar-refractivity contribution is 0.0331. The van der Waals surface area contributed by atoms with E-state index in [9.17, 15) is 0 Å². The highest BCUT2D eigenvalue weighted by Gasteiger charge is 2.23. The first kappa shape index (κ1) is 13.0. The van der Waals surface area contributed by atoms with Crippen LogP contribution in [0.25, 0.3) is 10.9 Å². The van der Waals surface area contributed by atoms with E-state index >= 15 is 0 Å². The van der Waals surface area contributed by atoms with Gasteiger partial charge in [0.1, 0.15) is 11.6 Å². The molecule has 21 heavy (non-hydrogen) atoms. The van der Waals surface area contributed by atoms with Crippen LogP contribution in [0.15, 0.2) is 24.3 Å². The van der Waals surface area contributed by atoms with Gasteiger partial charge in [-0.25, -0.2) is 9.97 Å². The van der Waals surface area contributed by atoms with E-state index < -0.39 is 0 Å². The molecule has 2 fully saturated rings. The summed E-state index contributed by atoms with van der Waals surface area (Å²) in [5, 5.41) is 4.66. The fraction of sp³-hybridized carbons (Fsp3) is 0.500. The summed E-state index contributed by atoms with van der Waals surface area (Å²) in [6.45, 7) is 4.33. The molecular weight excluding hydrogens is 264 g/mol. The van der Waals surface area contributed by atoms with Crippen molar-refractivity contribution >= 4 is 16.7 Å². The van der Waals surface area contributed by atoms with Crippen molar-refractivity contribution in [3.8, 4) is 0 Å². The maximum Gasteiger partial charge on any atom is 0.145 e. The van der Waals surface area contributed by atoms with Gasteiger partial charge in [-0.05, 0) is 25.0 Å².